The van der Waals surface area contributed by atoms with Crippen LogP contribution in [-0.4, -0.2) is 18.1 Å². The molecule has 120 valence electrons. The topological polar surface area (TPSA) is 53.2 Å². The molecule has 6 heteroatoms. The summed E-state index contributed by atoms with van der Waals surface area (Å²) in [5.41, 5.74) is 6.54. The molecule has 0 aromatic heterocycles. The SMILES string of the molecule is CNC(=S)NNC(=O)C(c1cccc(Br)c1)C1CCCCC1. The van der Waals surface area contributed by atoms with Crippen molar-refractivity contribution in [2.75, 3.05) is 7.05 Å². The smallest absolute Gasteiger partial charge is 0.246 e. The largest absolute Gasteiger partial charge is 0.364 e. The zero-order valence-corrected chi connectivity index (χ0v) is 15.1. The lowest BCUT2D eigenvalue weighted by Gasteiger charge is -2.30. The molecule has 1 saturated carbocycles. The van der Waals surface area contributed by atoms with Gasteiger partial charge in [0.15, 0.2) is 5.11 Å². The molecule has 1 unspecified atom stereocenters. The van der Waals surface area contributed by atoms with Crippen molar-refractivity contribution in [2.24, 2.45) is 5.92 Å². The van der Waals surface area contributed by atoms with E-state index < -0.39 is 0 Å². The number of amides is 1. The van der Waals surface area contributed by atoms with E-state index in [1.54, 1.807) is 7.05 Å². The highest BCUT2D eigenvalue weighted by Gasteiger charge is 2.31. The van der Waals surface area contributed by atoms with E-state index in [1.165, 1.54) is 19.3 Å². The molecule has 0 heterocycles. The fourth-order valence-electron chi connectivity index (χ4n) is 3.06. The number of benzene rings is 1. The van der Waals surface area contributed by atoms with Crippen molar-refractivity contribution >= 4 is 39.2 Å². The first-order valence-corrected chi connectivity index (χ1v) is 8.85. The second-order valence-electron chi connectivity index (χ2n) is 5.62. The highest BCUT2D eigenvalue weighted by molar-refractivity contribution is 9.10. The molecule has 0 saturated heterocycles. The molecule has 1 aliphatic rings. The first-order chi connectivity index (χ1) is 10.6. The van der Waals surface area contributed by atoms with Crippen LogP contribution < -0.4 is 16.2 Å². The summed E-state index contributed by atoms with van der Waals surface area (Å²) in [7, 11) is 1.72. The predicted molar refractivity (Wildman–Crippen MR) is 96.4 cm³/mol. The number of hydrogen-bond acceptors (Lipinski definition) is 2. The first kappa shape index (κ1) is 17.2. The fourth-order valence-corrected chi connectivity index (χ4v) is 3.53. The molecule has 3 N–H and O–H groups in total. The van der Waals surface area contributed by atoms with E-state index in [1.807, 2.05) is 24.3 Å². The van der Waals surface area contributed by atoms with Crippen molar-refractivity contribution in [3.8, 4) is 0 Å². The van der Waals surface area contributed by atoms with Gasteiger partial charge in [-0.2, -0.15) is 0 Å². The lowest BCUT2D eigenvalue weighted by atomic mass is 9.76. The molecule has 1 aromatic rings. The minimum absolute atomic E-state index is 0.0254. The van der Waals surface area contributed by atoms with Crippen molar-refractivity contribution < 1.29 is 4.79 Å². The van der Waals surface area contributed by atoms with Gasteiger partial charge in [0.05, 0.1) is 5.92 Å². The standard InChI is InChI=1S/C16H22BrN3OS/c1-18-16(22)20-19-15(21)14(11-6-3-2-4-7-11)12-8-5-9-13(17)10-12/h5,8-11,14H,2-4,6-7H2,1H3,(H,19,21)(H2,18,20,22). The van der Waals surface area contributed by atoms with Gasteiger partial charge in [-0.15, -0.1) is 0 Å². The third kappa shape index (κ3) is 4.68. The molecule has 0 spiro atoms. The predicted octanol–water partition coefficient (Wildman–Crippen LogP) is 3.24. The van der Waals surface area contributed by atoms with Crippen LogP contribution in [0.25, 0.3) is 0 Å². The average Bonchev–Trinajstić information content (AvgIpc) is 2.54. The van der Waals surface area contributed by atoms with E-state index in [-0.39, 0.29) is 11.8 Å². The van der Waals surface area contributed by atoms with Gasteiger partial charge in [0.1, 0.15) is 0 Å². The van der Waals surface area contributed by atoms with Gasteiger partial charge in [-0.3, -0.25) is 15.6 Å². The van der Waals surface area contributed by atoms with E-state index in [0.717, 1.165) is 22.9 Å². The normalized spacial score (nSPS) is 16.6. The van der Waals surface area contributed by atoms with Gasteiger partial charge in [0.25, 0.3) is 0 Å². The third-order valence-electron chi connectivity index (χ3n) is 4.14. The van der Waals surface area contributed by atoms with E-state index in [2.05, 4.69) is 32.1 Å². The molecule has 1 fully saturated rings. The number of hydrazine groups is 1. The fraction of sp³-hybridized carbons (Fsp3) is 0.500. The van der Waals surface area contributed by atoms with Crippen LogP contribution in [0.2, 0.25) is 0 Å². The molecular weight excluding hydrogens is 362 g/mol. The highest BCUT2D eigenvalue weighted by Crippen LogP contribution is 2.36. The number of carbonyl (C=O) groups is 1. The van der Waals surface area contributed by atoms with Gasteiger partial charge in [-0.1, -0.05) is 47.3 Å². The van der Waals surface area contributed by atoms with Gasteiger partial charge in [-0.25, -0.2) is 0 Å². The summed E-state index contributed by atoms with van der Waals surface area (Å²) in [6.07, 6.45) is 5.86. The Labute approximate surface area is 145 Å². The van der Waals surface area contributed by atoms with E-state index in [9.17, 15) is 4.79 Å². The molecule has 1 amide bonds. The monoisotopic (exact) mass is 383 g/mol. The summed E-state index contributed by atoms with van der Waals surface area (Å²) >= 11 is 8.51. The Kier molecular flexibility index (Phi) is 6.64. The zero-order chi connectivity index (χ0) is 15.9. The summed E-state index contributed by atoms with van der Waals surface area (Å²) < 4.78 is 0.998. The third-order valence-corrected chi connectivity index (χ3v) is 4.94. The quantitative estimate of drug-likeness (QED) is 0.553. The number of thiocarbonyl (C=S) groups is 1. The maximum atomic E-state index is 12.7. The maximum absolute atomic E-state index is 12.7. The summed E-state index contributed by atoms with van der Waals surface area (Å²) in [6, 6.07) is 8.02. The van der Waals surface area contributed by atoms with Crippen molar-refractivity contribution in [1.82, 2.24) is 16.2 Å². The number of carbonyl (C=O) groups excluding carboxylic acids is 1. The summed E-state index contributed by atoms with van der Waals surface area (Å²) in [5.74, 6) is 0.209. The second kappa shape index (κ2) is 8.48. The van der Waals surface area contributed by atoms with Crippen LogP contribution in [0.4, 0.5) is 0 Å². The van der Waals surface area contributed by atoms with Crippen molar-refractivity contribution in [2.45, 2.75) is 38.0 Å². The minimum atomic E-state index is -0.148. The highest BCUT2D eigenvalue weighted by atomic mass is 79.9. The van der Waals surface area contributed by atoms with Crippen LogP contribution >= 0.6 is 28.1 Å². The van der Waals surface area contributed by atoms with E-state index >= 15 is 0 Å². The van der Waals surface area contributed by atoms with Crippen LogP contribution in [0.5, 0.6) is 0 Å². The number of hydrogen-bond donors (Lipinski definition) is 3. The number of rotatable bonds is 3. The van der Waals surface area contributed by atoms with Crippen LogP contribution in [0.15, 0.2) is 28.7 Å². The molecule has 22 heavy (non-hydrogen) atoms. The van der Waals surface area contributed by atoms with Crippen LogP contribution in [0.3, 0.4) is 0 Å². The van der Waals surface area contributed by atoms with Gasteiger partial charge in [0, 0.05) is 11.5 Å². The molecule has 0 aliphatic heterocycles. The Morgan fingerprint density at radius 2 is 2.00 bits per heavy atom. The Morgan fingerprint density at radius 3 is 2.64 bits per heavy atom. The minimum Gasteiger partial charge on any atom is -0.364 e. The van der Waals surface area contributed by atoms with Crippen LogP contribution in [0, 0.1) is 5.92 Å². The Bertz CT molecular complexity index is 532. The Balaban J connectivity index is 2.17. The molecule has 1 atom stereocenters. The summed E-state index contributed by atoms with van der Waals surface area (Å²) in [4.78, 5) is 12.7. The Morgan fingerprint density at radius 1 is 1.27 bits per heavy atom. The van der Waals surface area contributed by atoms with Crippen LogP contribution in [-0.2, 0) is 4.79 Å². The zero-order valence-electron chi connectivity index (χ0n) is 12.7. The first-order valence-electron chi connectivity index (χ1n) is 7.65. The molecule has 1 aromatic carbocycles. The van der Waals surface area contributed by atoms with E-state index in [4.69, 9.17) is 12.2 Å². The molecular formula is C16H22BrN3OS. The van der Waals surface area contributed by atoms with Gasteiger partial charge in [0.2, 0.25) is 5.91 Å². The molecule has 0 radical (unpaired) electrons. The van der Waals surface area contributed by atoms with Crippen LogP contribution in [0.1, 0.15) is 43.6 Å². The second-order valence-corrected chi connectivity index (χ2v) is 6.95. The number of halogens is 1. The molecule has 1 aliphatic carbocycles. The molecule has 4 nitrogen and oxygen atoms in total. The lowest BCUT2D eigenvalue weighted by Crippen LogP contribution is -2.48. The Hall–Kier alpha value is -1.14. The number of nitrogens with one attached hydrogen (secondary N) is 3. The van der Waals surface area contributed by atoms with Gasteiger partial charge >= 0.3 is 0 Å². The van der Waals surface area contributed by atoms with Gasteiger partial charge in [-0.05, 0) is 48.7 Å². The van der Waals surface area contributed by atoms with Crippen molar-refractivity contribution in [1.29, 1.82) is 0 Å². The molecule has 2 rings (SSSR count). The summed E-state index contributed by atoms with van der Waals surface area (Å²) in [5, 5.41) is 3.19. The summed E-state index contributed by atoms with van der Waals surface area (Å²) in [6.45, 7) is 0. The van der Waals surface area contributed by atoms with E-state index in [0.29, 0.717) is 11.0 Å². The van der Waals surface area contributed by atoms with Gasteiger partial charge < -0.3 is 5.32 Å². The van der Waals surface area contributed by atoms with Crippen molar-refractivity contribution in [3.05, 3.63) is 34.3 Å². The maximum Gasteiger partial charge on any atom is 0.246 e. The van der Waals surface area contributed by atoms with Crippen molar-refractivity contribution in [3.63, 3.8) is 0 Å². The average molecular weight is 384 g/mol. The molecule has 0 bridgehead atoms. The lowest BCUT2D eigenvalue weighted by molar-refractivity contribution is -0.124.